The summed E-state index contributed by atoms with van der Waals surface area (Å²) < 4.78 is 35.6. The number of benzene rings is 2. The second-order valence-corrected chi connectivity index (χ2v) is 9.80. The minimum atomic E-state index is -3.41. The van der Waals surface area contributed by atoms with Crippen molar-refractivity contribution in [1.82, 2.24) is 0 Å². The highest BCUT2D eigenvalue weighted by Crippen LogP contribution is 2.52. The quantitative estimate of drug-likeness (QED) is 0.675. The number of fused-ring (bicyclic) bond motifs is 1. The first-order valence-corrected chi connectivity index (χ1v) is 11.3. The Morgan fingerprint density at radius 1 is 0.793 bits per heavy atom. The van der Waals surface area contributed by atoms with Gasteiger partial charge in [0.05, 0.1) is 22.8 Å². The van der Waals surface area contributed by atoms with Crippen LogP contribution in [0.4, 0.5) is 0 Å². The third-order valence-corrected chi connectivity index (χ3v) is 8.04. The largest absolute Gasteiger partial charge is 0.461 e. The topological polar surface area (TPSA) is 86.7 Å². The predicted molar refractivity (Wildman–Crippen MR) is 105 cm³/mol. The molecule has 2 aliphatic rings. The molecule has 1 aliphatic heterocycles. The van der Waals surface area contributed by atoms with E-state index in [4.69, 9.17) is 9.47 Å². The molecule has 2 fully saturated rings. The van der Waals surface area contributed by atoms with E-state index in [9.17, 15) is 18.0 Å². The normalized spacial score (nSPS) is 26.8. The summed E-state index contributed by atoms with van der Waals surface area (Å²) in [5.74, 6) is -3.34. The van der Waals surface area contributed by atoms with Gasteiger partial charge in [-0.1, -0.05) is 60.7 Å². The standard InChI is InChI=1S/C22H22O6S/c23-21(27-13-15-7-3-1-4-8-15)18-17-11-12-29(25,26)20(17)19(18)22(24)28-14-16-9-5-2-6-10-16/h1-10,17-20H,11-14H2/t17-,18-,19-,20-/m1/s1. The van der Waals surface area contributed by atoms with E-state index in [1.165, 1.54) is 0 Å². The third kappa shape index (κ3) is 3.92. The summed E-state index contributed by atoms with van der Waals surface area (Å²) >= 11 is 0. The molecular formula is C22H22O6S. The van der Waals surface area contributed by atoms with Crippen molar-refractivity contribution in [3.05, 3.63) is 71.8 Å². The number of carbonyl (C=O) groups is 2. The van der Waals surface area contributed by atoms with Crippen LogP contribution in [-0.4, -0.2) is 31.4 Å². The smallest absolute Gasteiger partial charge is 0.311 e. The average Bonchev–Trinajstić information content (AvgIpc) is 2.96. The van der Waals surface area contributed by atoms with E-state index >= 15 is 0 Å². The van der Waals surface area contributed by atoms with E-state index < -0.39 is 38.9 Å². The molecule has 2 aromatic carbocycles. The van der Waals surface area contributed by atoms with Gasteiger partial charge >= 0.3 is 11.9 Å². The van der Waals surface area contributed by atoms with Crippen molar-refractivity contribution >= 4 is 21.8 Å². The summed E-state index contributed by atoms with van der Waals surface area (Å²) in [6.45, 7) is 0.130. The first kappa shape index (κ1) is 19.6. The van der Waals surface area contributed by atoms with Crippen LogP contribution < -0.4 is 0 Å². The van der Waals surface area contributed by atoms with Gasteiger partial charge in [0, 0.05) is 0 Å². The van der Waals surface area contributed by atoms with Crippen molar-refractivity contribution < 1.29 is 27.5 Å². The first-order chi connectivity index (χ1) is 14.0. The zero-order valence-electron chi connectivity index (χ0n) is 15.8. The van der Waals surface area contributed by atoms with E-state index in [1.54, 1.807) is 0 Å². The van der Waals surface area contributed by atoms with Crippen LogP contribution in [0, 0.1) is 17.8 Å². The lowest BCUT2D eigenvalue weighted by Gasteiger charge is -2.43. The lowest BCUT2D eigenvalue weighted by Crippen LogP contribution is -2.58. The number of ether oxygens (including phenoxy) is 2. The molecule has 0 spiro atoms. The zero-order valence-corrected chi connectivity index (χ0v) is 16.6. The fourth-order valence-electron chi connectivity index (χ4n) is 4.32. The number of sulfone groups is 1. The van der Waals surface area contributed by atoms with E-state index in [0.29, 0.717) is 6.42 Å². The SMILES string of the molecule is O=C(OCc1ccccc1)[C@@H]1[C@H]2CCS(=O)(=O)[C@H]2[C@@H]1C(=O)OCc1ccccc1. The molecule has 4 rings (SSSR count). The van der Waals surface area contributed by atoms with Crippen molar-refractivity contribution in [2.45, 2.75) is 24.9 Å². The molecule has 1 heterocycles. The summed E-state index contributed by atoms with van der Waals surface area (Å²) in [7, 11) is -3.41. The fourth-order valence-corrected chi connectivity index (χ4v) is 6.76. The molecule has 1 saturated carbocycles. The number of esters is 2. The van der Waals surface area contributed by atoms with Gasteiger partial charge in [-0.25, -0.2) is 8.42 Å². The Kier molecular flexibility index (Phi) is 5.41. The summed E-state index contributed by atoms with van der Waals surface area (Å²) in [5.41, 5.74) is 1.63. The molecule has 0 unspecified atom stereocenters. The number of hydrogen-bond donors (Lipinski definition) is 0. The van der Waals surface area contributed by atoms with Gasteiger partial charge in [-0.2, -0.15) is 0 Å². The molecule has 4 atom stereocenters. The van der Waals surface area contributed by atoms with Gasteiger partial charge < -0.3 is 9.47 Å². The van der Waals surface area contributed by atoms with Crippen molar-refractivity contribution in [2.75, 3.05) is 5.75 Å². The van der Waals surface area contributed by atoms with Crippen LogP contribution >= 0.6 is 0 Å². The Morgan fingerprint density at radius 3 is 1.79 bits per heavy atom. The second-order valence-electron chi connectivity index (χ2n) is 7.52. The third-order valence-electron chi connectivity index (χ3n) is 5.77. The maximum absolute atomic E-state index is 12.7. The molecule has 0 aromatic heterocycles. The summed E-state index contributed by atoms with van der Waals surface area (Å²) in [6, 6.07) is 18.4. The maximum atomic E-state index is 12.7. The lowest BCUT2D eigenvalue weighted by molar-refractivity contribution is -0.173. The minimum absolute atomic E-state index is 0.00668. The van der Waals surface area contributed by atoms with Crippen molar-refractivity contribution in [1.29, 1.82) is 0 Å². The Hall–Kier alpha value is -2.67. The van der Waals surface area contributed by atoms with Crippen LogP contribution in [0.2, 0.25) is 0 Å². The minimum Gasteiger partial charge on any atom is -0.461 e. The van der Waals surface area contributed by atoms with Crippen LogP contribution in [0.25, 0.3) is 0 Å². The summed E-state index contributed by atoms with van der Waals surface area (Å²) in [6.07, 6.45) is 0.376. The highest BCUT2D eigenvalue weighted by molar-refractivity contribution is 7.92. The Bertz CT molecular complexity index is 986. The van der Waals surface area contributed by atoms with Gasteiger partial charge in [0.15, 0.2) is 9.84 Å². The number of carbonyl (C=O) groups excluding carboxylic acids is 2. The lowest BCUT2D eigenvalue weighted by atomic mass is 9.63. The molecule has 0 amide bonds. The Balaban J connectivity index is 1.46. The summed E-state index contributed by atoms with van der Waals surface area (Å²) in [5, 5.41) is -0.847. The predicted octanol–water partition coefficient (Wildman–Crippen LogP) is 2.52. The van der Waals surface area contributed by atoms with Crippen molar-refractivity contribution in [2.24, 2.45) is 17.8 Å². The molecule has 29 heavy (non-hydrogen) atoms. The zero-order chi connectivity index (χ0) is 20.4. The van der Waals surface area contributed by atoms with Crippen LogP contribution in [-0.2, 0) is 42.1 Å². The van der Waals surface area contributed by atoms with Crippen LogP contribution in [0.3, 0.4) is 0 Å². The molecule has 0 N–H and O–H groups in total. The van der Waals surface area contributed by atoms with E-state index in [0.717, 1.165) is 11.1 Å². The Morgan fingerprint density at radius 2 is 1.28 bits per heavy atom. The molecule has 2 aromatic rings. The molecule has 7 heteroatoms. The van der Waals surface area contributed by atoms with Gasteiger partial charge in [-0.15, -0.1) is 0 Å². The highest BCUT2D eigenvalue weighted by atomic mass is 32.2. The monoisotopic (exact) mass is 414 g/mol. The average molecular weight is 414 g/mol. The second kappa shape index (κ2) is 7.99. The Labute approximate surface area is 169 Å². The molecule has 0 bridgehead atoms. The highest BCUT2D eigenvalue weighted by Gasteiger charge is 2.66. The van der Waals surface area contributed by atoms with Crippen LogP contribution in [0.1, 0.15) is 17.5 Å². The van der Waals surface area contributed by atoms with Crippen LogP contribution in [0.5, 0.6) is 0 Å². The molecule has 152 valence electrons. The maximum Gasteiger partial charge on any atom is 0.311 e. The molecule has 1 aliphatic carbocycles. The molecule has 0 radical (unpaired) electrons. The van der Waals surface area contributed by atoms with Gasteiger partial charge in [-0.05, 0) is 23.5 Å². The van der Waals surface area contributed by atoms with Gasteiger partial charge in [0.25, 0.3) is 0 Å². The number of hydrogen-bond acceptors (Lipinski definition) is 6. The molecular weight excluding hydrogens is 392 g/mol. The van der Waals surface area contributed by atoms with Gasteiger partial charge in [-0.3, -0.25) is 9.59 Å². The molecule has 1 saturated heterocycles. The van der Waals surface area contributed by atoms with Crippen molar-refractivity contribution in [3.8, 4) is 0 Å². The molecule has 6 nitrogen and oxygen atoms in total. The van der Waals surface area contributed by atoms with Crippen molar-refractivity contribution in [3.63, 3.8) is 0 Å². The number of rotatable bonds is 6. The van der Waals surface area contributed by atoms with Crippen LogP contribution in [0.15, 0.2) is 60.7 Å². The van der Waals surface area contributed by atoms with Gasteiger partial charge in [0.1, 0.15) is 13.2 Å². The fraction of sp³-hybridized carbons (Fsp3) is 0.364. The van der Waals surface area contributed by atoms with E-state index in [-0.39, 0.29) is 24.9 Å². The van der Waals surface area contributed by atoms with E-state index in [1.807, 2.05) is 60.7 Å². The van der Waals surface area contributed by atoms with E-state index in [2.05, 4.69) is 0 Å². The van der Waals surface area contributed by atoms with Gasteiger partial charge in [0.2, 0.25) is 0 Å². The first-order valence-electron chi connectivity index (χ1n) is 9.60. The summed E-state index contributed by atoms with van der Waals surface area (Å²) in [4.78, 5) is 25.4.